The standard InChI is InChI=1S/C31H28N2O7S2/c1-4-40-31(35)26-25(21-15-9-11-17-23(21)39-3)27(42(36,37)20-13-6-5-7-14-20)28(32)33-29(34)24(41-30(26)33)18-19-12-8-10-16-22(19)38-2/h5-18,25H,4,32H2,1-3H3/b24-18+/t25-/m1/s1. The molecule has 9 nitrogen and oxygen atoms in total. The van der Waals surface area contributed by atoms with Gasteiger partial charge in [0.25, 0.3) is 5.56 Å². The minimum Gasteiger partial charge on any atom is -0.496 e. The molecule has 0 amide bonds. The van der Waals surface area contributed by atoms with Crippen LogP contribution in [0.4, 0.5) is 0 Å². The lowest BCUT2D eigenvalue weighted by Gasteiger charge is -2.28. The molecule has 0 unspecified atom stereocenters. The number of carbonyl (C=O) groups is 1. The van der Waals surface area contributed by atoms with E-state index in [0.29, 0.717) is 22.6 Å². The van der Waals surface area contributed by atoms with Crippen molar-refractivity contribution in [3.63, 3.8) is 0 Å². The highest BCUT2D eigenvalue weighted by Gasteiger charge is 2.43. The summed E-state index contributed by atoms with van der Waals surface area (Å²) in [6, 6.07) is 21.6. The molecule has 4 aromatic rings. The van der Waals surface area contributed by atoms with Crippen LogP contribution in [0.3, 0.4) is 0 Å². The number of hydrogen-bond acceptors (Lipinski definition) is 9. The third kappa shape index (κ3) is 4.90. The fourth-order valence-electron chi connectivity index (χ4n) is 4.96. The van der Waals surface area contributed by atoms with E-state index in [2.05, 4.69) is 0 Å². The molecular formula is C31H28N2O7S2. The van der Waals surface area contributed by atoms with Gasteiger partial charge in [0.15, 0.2) is 0 Å². The second-order valence-electron chi connectivity index (χ2n) is 9.17. The highest BCUT2D eigenvalue weighted by atomic mass is 32.2. The fraction of sp³-hybridized carbons (Fsp3) is 0.161. The normalized spacial score (nSPS) is 15.4. The quantitative estimate of drug-likeness (QED) is 0.304. The number of hydrogen-bond donors (Lipinski definition) is 1. The van der Waals surface area contributed by atoms with Gasteiger partial charge >= 0.3 is 5.97 Å². The van der Waals surface area contributed by atoms with E-state index in [1.54, 1.807) is 79.7 Å². The van der Waals surface area contributed by atoms with Crippen molar-refractivity contribution in [2.75, 3.05) is 20.8 Å². The lowest BCUT2D eigenvalue weighted by molar-refractivity contribution is -0.136. The summed E-state index contributed by atoms with van der Waals surface area (Å²) in [4.78, 5) is 27.3. The third-order valence-corrected chi connectivity index (χ3v) is 9.84. The van der Waals surface area contributed by atoms with Crippen LogP contribution in [0.1, 0.15) is 24.0 Å². The number of carbonyl (C=O) groups excluding carboxylic acids is 1. The number of nitrogens with two attached hydrogens (primary N) is 1. The van der Waals surface area contributed by atoms with Crippen LogP contribution >= 0.6 is 11.3 Å². The Labute approximate surface area is 246 Å². The third-order valence-electron chi connectivity index (χ3n) is 6.81. The second-order valence-corrected chi connectivity index (χ2v) is 12.1. The molecule has 1 aliphatic heterocycles. The van der Waals surface area contributed by atoms with Crippen LogP contribution in [0.2, 0.25) is 0 Å². The zero-order chi connectivity index (χ0) is 30.0. The topological polar surface area (TPSA) is 127 Å². The van der Waals surface area contributed by atoms with Gasteiger partial charge in [0, 0.05) is 11.1 Å². The molecule has 1 aromatic heterocycles. The number of fused-ring (bicyclic) bond motifs is 1. The lowest BCUT2D eigenvalue weighted by Crippen LogP contribution is -2.41. The smallest absolute Gasteiger partial charge is 0.338 e. The maximum absolute atomic E-state index is 14.3. The molecule has 0 fully saturated rings. The summed E-state index contributed by atoms with van der Waals surface area (Å²) in [6.45, 7) is 1.67. The average molecular weight is 605 g/mol. The maximum Gasteiger partial charge on any atom is 0.338 e. The summed E-state index contributed by atoms with van der Waals surface area (Å²) in [6.07, 6.45) is 1.62. The van der Waals surface area contributed by atoms with E-state index < -0.39 is 27.3 Å². The summed E-state index contributed by atoms with van der Waals surface area (Å²) in [7, 11) is -1.38. The van der Waals surface area contributed by atoms with Crippen LogP contribution in [-0.4, -0.2) is 39.8 Å². The van der Waals surface area contributed by atoms with E-state index in [4.69, 9.17) is 19.9 Å². The molecule has 2 heterocycles. The van der Waals surface area contributed by atoms with Crippen LogP contribution < -0.4 is 30.0 Å². The van der Waals surface area contributed by atoms with Crippen molar-refractivity contribution < 1.29 is 27.4 Å². The van der Waals surface area contributed by atoms with E-state index in [9.17, 15) is 18.0 Å². The first-order valence-electron chi connectivity index (χ1n) is 13.0. The summed E-state index contributed by atoms with van der Waals surface area (Å²) in [5.74, 6) is -1.45. The summed E-state index contributed by atoms with van der Waals surface area (Å²) in [5, 5.41) is 0. The number of ether oxygens (including phenoxy) is 3. The van der Waals surface area contributed by atoms with Gasteiger partial charge in [0.2, 0.25) is 9.84 Å². The van der Waals surface area contributed by atoms with Crippen LogP contribution in [0, 0.1) is 0 Å². The Bertz CT molecular complexity index is 1990. The van der Waals surface area contributed by atoms with Gasteiger partial charge in [0.1, 0.15) is 26.9 Å². The Kier molecular flexibility index (Phi) is 8.06. The van der Waals surface area contributed by atoms with Crippen molar-refractivity contribution in [1.29, 1.82) is 0 Å². The predicted octanol–water partition coefficient (Wildman–Crippen LogP) is 2.83. The SMILES string of the molecule is CCOC(=O)C1=c2s/c(=C/c3ccccc3OC)c(=O)n2C(N)=C(S(=O)(=O)c2ccccc2)[C@@H]1c1ccccc1OC. The Morgan fingerprint density at radius 3 is 2.24 bits per heavy atom. The molecule has 3 aromatic carbocycles. The highest BCUT2D eigenvalue weighted by molar-refractivity contribution is 7.95. The van der Waals surface area contributed by atoms with E-state index in [-0.39, 0.29) is 37.0 Å². The van der Waals surface area contributed by atoms with E-state index in [1.807, 2.05) is 0 Å². The Balaban J connectivity index is 1.96. The number of aromatic nitrogens is 1. The molecule has 5 rings (SSSR count). The maximum atomic E-state index is 14.3. The molecule has 42 heavy (non-hydrogen) atoms. The first-order valence-corrected chi connectivity index (χ1v) is 15.3. The number of benzene rings is 3. The molecule has 0 aliphatic carbocycles. The first-order chi connectivity index (χ1) is 20.2. The highest BCUT2D eigenvalue weighted by Crippen LogP contribution is 2.45. The first kappa shape index (κ1) is 28.9. The number of allylic oxidation sites excluding steroid dienone is 1. The molecular weight excluding hydrogens is 576 g/mol. The number of para-hydroxylation sites is 2. The molecule has 2 N–H and O–H groups in total. The molecule has 0 bridgehead atoms. The predicted molar refractivity (Wildman–Crippen MR) is 161 cm³/mol. The molecule has 216 valence electrons. The second kappa shape index (κ2) is 11.7. The van der Waals surface area contributed by atoms with Crippen molar-refractivity contribution in [3.8, 4) is 11.5 Å². The van der Waals surface area contributed by atoms with Gasteiger partial charge < -0.3 is 19.9 Å². The van der Waals surface area contributed by atoms with Crippen LogP contribution in [-0.2, 0) is 19.4 Å². The Hall–Kier alpha value is -4.61. The fourth-order valence-corrected chi connectivity index (χ4v) is 7.80. The van der Waals surface area contributed by atoms with Crippen molar-refractivity contribution in [3.05, 3.63) is 114 Å². The van der Waals surface area contributed by atoms with Gasteiger partial charge in [-0.25, -0.2) is 13.2 Å². The minimum absolute atomic E-state index is 0.0246. The number of rotatable bonds is 8. The lowest BCUT2D eigenvalue weighted by atomic mass is 9.89. The Morgan fingerprint density at radius 1 is 0.952 bits per heavy atom. The molecule has 0 spiro atoms. The summed E-state index contributed by atoms with van der Waals surface area (Å²) < 4.78 is 46.6. The zero-order valence-electron chi connectivity index (χ0n) is 23.1. The van der Waals surface area contributed by atoms with Crippen molar-refractivity contribution in [2.24, 2.45) is 5.73 Å². The van der Waals surface area contributed by atoms with E-state index in [1.165, 1.54) is 26.4 Å². The van der Waals surface area contributed by atoms with E-state index in [0.717, 1.165) is 15.9 Å². The summed E-state index contributed by atoms with van der Waals surface area (Å²) >= 11 is 1.01. The monoisotopic (exact) mass is 604 g/mol. The van der Waals surface area contributed by atoms with E-state index >= 15 is 0 Å². The van der Waals surface area contributed by atoms with Gasteiger partial charge in [-0.2, -0.15) is 0 Å². The van der Waals surface area contributed by atoms with Gasteiger partial charge in [-0.15, -0.1) is 11.3 Å². The van der Waals surface area contributed by atoms with Gasteiger partial charge in [-0.3, -0.25) is 9.36 Å². The Morgan fingerprint density at radius 2 is 1.57 bits per heavy atom. The number of esters is 1. The van der Waals surface area contributed by atoms with Crippen molar-refractivity contribution >= 4 is 44.6 Å². The molecule has 1 atom stereocenters. The zero-order valence-corrected chi connectivity index (χ0v) is 24.7. The van der Waals surface area contributed by atoms with Crippen LogP contribution in [0.25, 0.3) is 17.5 Å². The number of nitrogens with zero attached hydrogens (tertiary/aromatic N) is 1. The van der Waals surface area contributed by atoms with Gasteiger partial charge in [0.05, 0.1) is 41.7 Å². The molecule has 0 radical (unpaired) electrons. The molecule has 1 aliphatic rings. The molecule has 0 saturated heterocycles. The number of sulfone groups is 1. The van der Waals surface area contributed by atoms with Crippen molar-refractivity contribution in [1.82, 2.24) is 4.57 Å². The van der Waals surface area contributed by atoms with Gasteiger partial charge in [-0.05, 0) is 37.3 Å². The molecule has 0 saturated carbocycles. The van der Waals surface area contributed by atoms with Crippen molar-refractivity contribution in [2.45, 2.75) is 17.7 Å². The van der Waals surface area contributed by atoms with Crippen LogP contribution in [0.5, 0.6) is 11.5 Å². The summed E-state index contributed by atoms with van der Waals surface area (Å²) in [5.41, 5.74) is 7.04. The largest absolute Gasteiger partial charge is 0.496 e. The number of thiazole rings is 1. The van der Waals surface area contributed by atoms with Crippen LogP contribution in [0.15, 0.2) is 93.5 Å². The number of methoxy groups -OCH3 is 2. The van der Waals surface area contributed by atoms with Gasteiger partial charge in [-0.1, -0.05) is 54.6 Å². The minimum atomic E-state index is -4.35. The molecule has 11 heteroatoms. The average Bonchev–Trinajstić information content (AvgIpc) is 3.33.